The van der Waals surface area contributed by atoms with Crippen LogP contribution in [-0.4, -0.2) is 46.6 Å². The Bertz CT molecular complexity index is 1450. The average molecular weight is 575 g/mol. The molecule has 12 heteroatoms. The number of carbonyl (C=O) groups is 2. The van der Waals surface area contributed by atoms with Crippen LogP contribution in [0.15, 0.2) is 48.9 Å². The zero-order valence-corrected chi connectivity index (χ0v) is 22.2. The van der Waals surface area contributed by atoms with Crippen LogP contribution < -0.4 is 15.0 Å². The molecule has 210 valence electrons. The smallest absolute Gasteiger partial charge is 0.281 e. The maximum Gasteiger partial charge on any atom is 0.281 e. The minimum absolute atomic E-state index is 0.0102. The molecule has 1 aromatic carbocycles. The number of amides is 2. The van der Waals surface area contributed by atoms with Gasteiger partial charge in [0.05, 0.1) is 29.6 Å². The van der Waals surface area contributed by atoms with Gasteiger partial charge < -0.3 is 20.1 Å². The van der Waals surface area contributed by atoms with Crippen molar-refractivity contribution in [2.24, 2.45) is 5.92 Å². The van der Waals surface area contributed by atoms with Gasteiger partial charge in [-0.2, -0.15) is 0 Å². The molecule has 2 aromatic heterocycles. The highest BCUT2D eigenvalue weighted by molar-refractivity contribution is 6.30. The zero-order chi connectivity index (χ0) is 28.6. The van der Waals surface area contributed by atoms with E-state index in [0.717, 1.165) is 12.4 Å². The molecular formula is C28H26ClF3N4O4. The summed E-state index contributed by atoms with van der Waals surface area (Å²) in [5, 5.41) is 14.6. The molecule has 0 radical (unpaired) electrons. The van der Waals surface area contributed by atoms with Crippen molar-refractivity contribution in [3.63, 3.8) is 0 Å². The Morgan fingerprint density at radius 3 is 2.65 bits per heavy atom. The third-order valence-electron chi connectivity index (χ3n) is 7.55. The van der Waals surface area contributed by atoms with Crippen molar-refractivity contribution in [2.45, 2.75) is 43.8 Å². The molecule has 0 bridgehead atoms. The van der Waals surface area contributed by atoms with Gasteiger partial charge in [0.25, 0.3) is 18.2 Å². The van der Waals surface area contributed by atoms with Crippen LogP contribution in [0.25, 0.3) is 0 Å². The standard InChI is InChI=1S/C28H26ClF3N4O4/c1-40-22-4-2-3-20-24(22)36(27(38)28(20,39)19-9-10-33-13-21(19)30)14-15-5-7-17(8-6-15)35-26(37)18-11-16(29)12-34-23(18)25(31)32/h2-4,9-13,15,17,25,39H,5-8,14H2,1H3,(H,35,37). The molecule has 1 atom stereocenters. The molecular weight excluding hydrogens is 549 g/mol. The number of aliphatic hydroxyl groups is 1. The van der Waals surface area contributed by atoms with Gasteiger partial charge in [-0.1, -0.05) is 23.7 Å². The lowest BCUT2D eigenvalue weighted by Gasteiger charge is -2.32. The number of halogens is 4. The van der Waals surface area contributed by atoms with Crippen LogP contribution in [0.3, 0.4) is 0 Å². The highest BCUT2D eigenvalue weighted by atomic mass is 35.5. The Kier molecular flexibility index (Phi) is 7.70. The number of carbonyl (C=O) groups excluding carboxylic acids is 2. The Morgan fingerprint density at radius 1 is 1.23 bits per heavy atom. The number of ether oxygens (including phenoxy) is 1. The molecule has 2 amide bonds. The van der Waals surface area contributed by atoms with Crippen molar-refractivity contribution in [1.82, 2.24) is 15.3 Å². The minimum atomic E-state index is -2.93. The normalized spacial score (nSPS) is 22.4. The number of benzene rings is 1. The lowest BCUT2D eigenvalue weighted by molar-refractivity contribution is -0.132. The van der Waals surface area contributed by atoms with E-state index in [-0.39, 0.29) is 40.2 Å². The fraction of sp³-hybridized carbons (Fsp3) is 0.357. The third-order valence-corrected chi connectivity index (χ3v) is 7.76. The summed E-state index contributed by atoms with van der Waals surface area (Å²) in [6.45, 7) is 0.232. The van der Waals surface area contributed by atoms with Crippen molar-refractivity contribution in [1.29, 1.82) is 0 Å². The predicted octanol–water partition coefficient (Wildman–Crippen LogP) is 4.79. The van der Waals surface area contributed by atoms with Gasteiger partial charge in [0.2, 0.25) is 0 Å². The van der Waals surface area contributed by atoms with Crippen LogP contribution in [0.2, 0.25) is 5.02 Å². The fourth-order valence-electron chi connectivity index (χ4n) is 5.59. The summed E-state index contributed by atoms with van der Waals surface area (Å²) < 4.78 is 47.0. The number of fused-ring (bicyclic) bond motifs is 1. The number of para-hydroxylation sites is 1. The molecule has 1 aliphatic heterocycles. The van der Waals surface area contributed by atoms with Crippen molar-refractivity contribution in [3.05, 3.63) is 82.1 Å². The second kappa shape index (κ2) is 11.1. The van der Waals surface area contributed by atoms with E-state index < -0.39 is 35.4 Å². The van der Waals surface area contributed by atoms with Crippen LogP contribution >= 0.6 is 11.6 Å². The van der Waals surface area contributed by atoms with Crippen molar-refractivity contribution >= 4 is 29.1 Å². The maximum absolute atomic E-state index is 14.8. The van der Waals surface area contributed by atoms with Crippen molar-refractivity contribution < 1.29 is 32.6 Å². The molecule has 3 heterocycles. The summed E-state index contributed by atoms with van der Waals surface area (Å²) in [5.41, 5.74) is -2.76. The number of hydrogen-bond donors (Lipinski definition) is 2. The van der Waals surface area contributed by atoms with E-state index in [1.807, 2.05) is 0 Å². The number of aromatic nitrogens is 2. The number of hydrogen-bond acceptors (Lipinski definition) is 6. The average Bonchev–Trinajstić information content (AvgIpc) is 3.16. The lowest BCUT2D eigenvalue weighted by atomic mass is 9.85. The maximum atomic E-state index is 14.8. The number of methoxy groups -OCH3 is 1. The Labute approximate surface area is 233 Å². The second-order valence-electron chi connectivity index (χ2n) is 9.92. The second-order valence-corrected chi connectivity index (χ2v) is 10.4. The zero-order valence-electron chi connectivity index (χ0n) is 21.4. The first kappa shape index (κ1) is 27.9. The Hall–Kier alpha value is -3.70. The molecule has 8 nitrogen and oxygen atoms in total. The van der Waals surface area contributed by atoms with Crippen LogP contribution in [0.4, 0.5) is 18.9 Å². The first-order valence-corrected chi connectivity index (χ1v) is 13.1. The molecule has 0 saturated heterocycles. The van der Waals surface area contributed by atoms with E-state index in [1.165, 1.54) is 30.3 Å². The molecule has 5 rings (SSSR count). The highest BCUT2D eigenvalue weighted by Gasteiger charge is 2.54. The number of nitrogens with one attached hydrogen (secondary N) is 1. The van der Waals surface area contributed by atoms with Crippen LogP contribution in [-0.2, 0) is 10.4 Å². The number of alkyl halides is 2. The van der Waals surface area contributed by atoms with Gasteiger partial charge in [-0.3, -0.25) is 19.6 Å². The van der Waals surface area contributed by atoms with E-state index in [4.69, 9.17) is 16.3 Å². The first-order valence-electron chi connectivity index (χ1n) is 12.7. The molecule has 1 aliphatic carbocycles. The Morgan fingerprint density at radius 2 is 1.98 bits per heavy atom. The molecule has 2 aliphatic rings. The number of anilines is 1. The fourth-order valence-corrected chi connectivity index (χ4v) is 5.75. The quantitative estimate of drug-likeness (QED) is 0.421. The highest BCUT2D eigenvalue weighted by Crippen LogP contribution is 2.49. The Balaban J connectivity index is 1.32. The molecule has 2 N–H and O–H groups in total. The largest absolute Gasteiger partial charge is 0.495 e. The van der Waals surface area contributed by atoms with Crippen molar-refractivity contribution in [3.8, 4) is 5.75 Å². The number of rotatable bonds is 7. The summed E-state index contributed by atoms with van der Waals surface area (Å²) in [6, 6.07) is 7.04. The van der Waals surface area contributed by atoms with E-state index in [2.05, 4.69) is 15.3 Å². The van der Waals surface area contributed by atoms with Gasteiger partial charge in [-0.05, 0) is 49.8 Å². The summed E-state index contributed by atoms with van der Waals surface area (Å²) in [6.07, 6.45) is 2.70. The number of nitrogens with zero attached hydrogens (tertiary/aromatic N) is 3. The minimum Gasteiger partial charge on any atom is -0.495 e. The van der Waals surface area contributed by atoms with Gasteiger partial charge >= 0.3 is 0 Å². The van der Waals surface area contributed by atoms with Crippen LogP contribution in [0.1, 0.15) is 59.3 Å². The van der Waals surface area contributed by atoms with Gasteiger partial charge in [-0.15, -0.1) is 0 Å². The van der Waals surface area contributed by atoms with Crippen molar-refractivity contribution in [2.75, 3.05) is 18.6 Å². The van der Waals surface area contributed by atoms with Gasteiger partial charge in [0, 0.05) is 36.1 Å². The van der Waals surface area contributed by atoms with Gasteiger partial charge in [0.15, 0.2) is 5.60 Å². The van der Waals surface area contributed by atoms with E-state index in [0.29, 0.717) is 37.1 Å². The summed E-state index contributed by atoms with van der Waals surface area (Å²) in [4.78, 5) is 35.3. The molecule has 1 fully saturated rings. The van der Waals surface area contributed by atoms with E-state index in [1.54, 1.807) is 18.2 Å². The van der Waals surface area contributed by atoms with Gasteiger partial charge in [0.1, 0.15) is 17.3 Å². The first-order chi connectivity index (χ1) is 19.1. The monoisotopic (exact) mass is 574 g/mol. The summed E-state index contributed by atoms with van der Waals surface area (Å²) >= 11 is 5.88. The molecule has 1 saturated carbocycles. The third kappa shape index (κ3) is 4.88. The predicted molar refractivity (Wildman–Crippen MR) is 140 cm³/mol. The van der Waals surface area contributed by atoms with Gasteiger partial charge in [-0.25, -0.2) is 13.2 Å². The SMILES string of the molecule is COc1cccc2c1N(CC1CCC(NC(=O)c3cc(Cl)cnc3C(F)F)CC1)C(=O)C2(O)c1ccncc1F. The number of pyridine rings is 2. The topological polar surface area (TPSA) is 105 Å². The molecule has 3 aromatic rings. The van der Waals surface area contributed by atoms with E-state index in [9.17, 15) is 27.9 Å². The molecule has 0 spiro atoms. The lowest BCUT2D eigenvalue weighted by Crippen LogP contribution is -2.45. The molecule has 40 heavy (non-hydrogen) atoms. The van der Waals surface area contributed by atoms with Crippen LogP contribution in [0, 0.1) is 11.7 Å². The van der Waals surface area contributed by atoms with Crippen LogP contribution in [0.5, 0.6) is 5.75 Å². The molecule has 1 unspecified atom stereocenters. The summed E-state index contributed by atoms with van der Waals surface area (Å²) in [7, 11) is 1.45. The van der Waals surface area contributed by atoms with E-state index >= 15 is 0 Å². The summed E-state index contributed by atoms with van der Waals surface area (Å²) in [5.74, 6) is -1.83.